The molecule has 0 aliphatic heterocycles. The predicted octanol–water partition coefficient (Wildman–Crippen LogP) is 3.47. The van der Waals surface area contributed by atoms with Gasteiger partial charge >= 0.3 is 0 Å². The van der Waals surface area contributed by atoms with Crippen molar-refractivity contribution in [3.8, 4) is 0 Å². The van der Waals surface area contributed by atoms with E-state index in [2.05, 4.69) is 10.5 Å². The zero-order valence-corrected chi connectivity index (χ0v) is 15.5. The molecule has 0 spiro atoms. The van der Waals surface area contributed by atoms with Crippen LogP contribution in [0.2, 0.25) is 0 Å². The minimum Gasteiger partial charge on any atom is -0.359 e. The zero-order chi connectivity index (χ0) is 19.2. The molecular weight excluding hydrogens is 369 g/mol. The van der Waals surface area contributed by atoms with Crippen molar-refractivity contribution < 1.29 is 18.5 Å². The van der Waals surface area contributed by atoms with Crippen LogP contribution in [0.25, 0.3) is 0 Å². The van der Waals surface area contributed by atoms with Gasteiger partial charge in [-0.25, -0.2) is 4.39 Å². The van der Waals surface area contributed by atoms with E-state index in [0.29, 0.717) is 24.4 Å². The van der Waals surface area contributed by atoms with Gasteiger partial charge in [0.05, 0.1) is 13.1 Å². The standard InChI is InChI=1S/C19H18FN3O3S/c1-2-21-18(24)17-10-15(26-22-17)11-23(12-16-4-3-9-27-16)19(25)13-5-7-14(20)8-6-13/h3-10H,2,11-12H2,1H3,(H,21,24). The number of aromatic nitrogens is 1. The lowest BCUT2D eigenvalue weighted by Crippen LogP contribution is -2.29. The Balaban J connectivity index is 1.80. The Morgan fingerprint density at radius 3 is 2.67 bits per heavy atom. The molecule has 1 aromatic carbocycles. The number of rotatable bonds is 7. The second kappa shape index (κ2) is 8.59. The topological polar surface area (TPSA) is 75.4 Å². The Bertz CT molecular complexity index is 907. The van der Waals surface area contributed by atoms with Crippen molar-refractivity contribution in [3.63, 3.8) is 0 Å². The molecule has 140 valence electrons. The highest BCUT2D eigenvalue weighted by Crippen LogP contribution is 2.18. The summed E-state index contributed by atoms with van der Waals surface area (Å²) in [4.78, 5) is 27.3. The van der Waals surface area contributed by atoms with Gasteiger partial charge in [-0.3, -0.25) is 9.59 Å². The van der Waals surface area contributed by atoms with Gasteiger partial charge in [0, 0.05) is 23.1 Å². The fraction of sp³-hybridized carbons (Fsp3) is 0.211. The molecule has 0 saturated heterocycles. The minimum atomic E-state index is -0.404. The van der Waals surface area contributed by atoms with Crippen LogP contribution in [0, 0.1) is 5.82 Å². The maximum Gasteiger partial charge on any atom is 0.273 e. The molecule has 3 aromatic rings. The first-order valence-electron chi connectivity index (χ1n) is 8.38. The van der Waals surface area contributed by atoms with E-state index in [4.69, 9.17) is 4.52 Å². The van der Waals surface area contributed by atoms with E-state index >= 15 is 0 Å². The molecule has 2 aromatic heterocycles. The minimum absolute atomic E-state index is 0.139. The lowest BCUT2D eigenvalue weighted by Gasteiger charge is -2.21. The van der Waals surface area contributed by atoms with E-state index in [9.17, 15) is 14.0 Å². The van der Waals surface area contributed by atoms with Crippen molar-refractivity contribution in [2.24, 2.45) is 0 Å². The maximum absolute atomic E-state index is 13.2. The van der Waals surface area contributed by atoms with Crippen LogP contribution in [0.15, 0.2) is 52.4 Å². The summed E-state index contributed by atoms with van der Waals surface area (Å²) >= 11 is 1.53. The van der Waals surface area contributed by atoms with Crippen LogP contribution in [-0.2, 0) is 13.1 Å². The highest BCUT2D eigenvalue weighted by atomic mass is 32.1. The van der Waals surface area contributed by atoms with E-state index < -0.39 is 5.82 Å². The average Bonchev–Trinajstić information content (AvgIpc) is 3.33. The zero-order valence-electron chi connectivity index (χ0n) is 14.6. The summed E-state index contributed by atoms with van der Waals surface area (Å²) in [5, 5.41) is 8.33. The average molecular weight is 387 g/mol. The number of hydrogen-bond donors (Lipinski definition) is 1. The van der Waals surface area contributed by atoms with E-state index in [-0.39, 0.29) is 24.1 Å². The van der Waals surface area contributed by atoms with Crippen molar-refractivity contribution >= 4 is 23.2 Å². The maximum atomic E-state index is 13.2. The van der Waals surface area contributed by atoms with Gasteiger partial charge in [-0.1, -0.05) is 11.2 Å². The molecule has 0 atom stereocenters. The molecule has 0 aliphatic rings. The van der Waals surface area contributed by atoms with Crippen LogP contribution in [-0.4, -0.2) is 28.4 Å². The molecule has 1 N–H and O–H groups in total. The molecule has 27 heavy (non-hydrogen) atoms. The number of halogens is 1. The smallest absolute Gasteiger partial charge is 0.273 e. The molecule has 3 rings (SSSR count). The van der Waals surface area contributed by atoms with Crippen LogP contribution in [0.5, 0.6) is 0 Å². The second-order valence-electron chi connectivity index (χ2n) is 5.79. The van der Waals surface area contributed by atoms with Crippen molar-refractivity contribution in [1.82, 2.24) is 15.4 Å². The lowest BCUT2D eigenvalue weighted by atomic mass is 10.2. The molecule has 0 radical (unpaired) electrons. The van der Waals surface area contributed by atoms with E-state index in [1.54, 1.807) is 4.90 Å². The summed E-state index contributed by atoms with van der Waals surface area (Å²) in [5.41, 5.74) is 0.536. The SMILES string of the molecule is CCNC(=O)c1cc(CN(Cc2cccs2)C(=O)c2ccc(F)cc2)on1. The first-order valence-corrected chi connectivity index (χ1v) is 9.25. The van der Waals surface area contributed by atoms with Gasteiger partial charge in [0.2, 0.25) is 0 Å². The molecule has 0 aliphatic carbocycles. The first-order chi connectivity index (χ1) is 13.1. The third kappa shape index (κ3) is 4.79. The molecule has 2 amide bonds. The highest BCUT2D eigenvalue weighted by molar-refractivity contribution is 7.09. The largest absolute Gasteiger partial charge is 0.359 e. The van der Waals surface area contributed by atoms with E-state index in [1.807, 2.05) is 24.4 Å². The molecule has 0 unspecified atom stereocenters. The van der Waals surface area contributed by atoms with Gasteiger partial charge in [0.1, 0.15) is 5.82 Å². The Labute approximate surface area is 159 Å². The molecule has 0 bridgehead atoms. The van der Waals surface area contributed by atoms with Crippen LogP contribution in [0.4, 0.5) is 4.39 Å². The Hall–Kier alpha value is -3.00. The van der Waals surface area contributed by atoms with Gasteiger partial charge in [0.15, 0.2) is 11.5 Å². The number of benzene rings is 1. The fourth-order valence-electron chi connectivity index (χ4n) is 2.50. The van der Waals surface area contributed by atoms with E-state index in [1.165, 1.54) is 41.7 Å². The molecular formula is C19H18FN3O3S. The quantitative estimate of drug-likeness (QED) is 0.674. The van der Waals surface area contributed by atoms with Gasteiger partial charge in [0.25, 0.3) is 11.8 Å². The normalized spacial score (nSPS) is 10.6. The fourth-order valence-corrected chi connectivity index (χ4v) is 3.22. The van der Waals surface area contributed by atoms with Gasteiger partial charge < -0.3 is 14.7 Å². The first kappa shape index (κ1) is 18.8. The van der Waals surface area contributed by atoms with Crippen LogP contribution < -0.4 is 5.32 Å². The Morgan fingerprint density at radius 2 is 2.00 bits per heavy atom. The van der Waals surface area contributed by atoms with Crippen LogP contribution in [0.3, 0.4) is 0 Å². The number of nitrogens with zero attached hydrogens (tertiary/aromatic N) is 2. The van der Waals surface area contributed by atoms with Gasteiger partial charge in [-0.2, -0.15) is 0 Å². The number of hydrogen-bond acceptors (Lipinski definition) is 5. The third-order valence-corrected chi connectivity index (χ3v) is 4.64. The Kier molecular flexibility index (Phi) is 5.97. The van der Waals surface area contributed by atoms with Crippen LogP contribution >= 0.6 is 11.3 Å². The molecule has 8 heteroatoms. The van der Waals surface area contributed by atoms with Crippen molar-refractivity contribution in [2.75, 3.05) is 6.54 Å². The molecule has 0 saturated carbocycles. The third-order valence-electron chi connectivity index (χ3n) is 3.78. The molecule has 0 fully saturated rings. The van der Waals surface area contributed by atoms with E-state index in [0.717, 1.165) is 4.88 Å². The van der Waals surface area contributed by atoms with Crippen molar-refractivity contribution in [3.05, 3.63) is 75.6 Å². The summed E-state index contributed by atoms with van der Waals surface area (Å²) in [6, 6.07) is 10.7. The van der Waals surface area contributed by atoms with Gasteiger partial charge in [-0.05, 0) is 42.6 Å². The predicted molar refractivity (Wildman–Crippen MR) is 98.8 cm³/mol. The lowest BCUT2D eigenvalue weighted by molar-refractivity contribution is 0.0714. The summed E-state index contributed by atoms with van der Waals surface area (Å²) in [7, 11) is 0. The molecule has 6 nitrogen and oxygen atoms in total. The number of carbonyl (C=O) groups is 2. The van der Waals surface area contributed by atoms with Crippen molar-refractivity contribution in [2.45, 2.75) is 20.0 Å². The molecule has 2 heterocycles. The summed E-state index contributed by atoms with van der Waals surface area (Å²) in [6.07, 6.45) is 0. The van der Waals surface area contributed by atoms with Crippen LogP contribution in [0.1, 0.15) is 38.4 Å². The monoisotopic (exact) mass is 387 g/mol. The number of thiophene rings is 1. The highest BCUT2D eigenvalue weighted by Gasteiger charge is 2.20. The number of nitrogens with one attached hydrogen (secondary N) is 1. The number of carbonyl (C=O) groups excluding carboxylic acids is 2. The summed E-state index contributed by atoms with van der Waals surface area (Å²) in [5.74, 6) is -0.608. The number of amides is 2. The Morgan fingerprint density at radius 1 is 1.22 bits per heavy atom. The van der Waals surface area contributed by atoms with Gasteiger partial charge in [-0.15, -0.1) is 11.3 Å². The van der Waals surface area contributed by atoms with Crippen molar-refractivity contribution in [1.29, 1.82) is 0 Å². The summed E-state index contributed by atoms with van der Waals surface area (Å²) in [6.45, 7) is 2.79. The second-order valence-corrected chi connectivity index (χ2v) is 6.82. The summed E-state index contributed by atoms with van der Waals surface area (Å²) < 4.78 is 18.4.